The molecular weight excluding hydrogens is 272 g/mol. The summed E-state index contributed by atoms with van der Waals surface area (Å²) in [6.07, 6.45) is 0.886. The molecule has 1 aromatic carbocycles. The minimum atomic E-state index is 0.765. The zero-order valence-corrected chi connectivity index (χ0v) is 10.6. The predicted molar refractivity (Wildman–Crippen MR) is 67.6 cm³/mol. The Labute approximate surface area is 101 Å². The third kappa shape index (κ3) is 2.19. The highest BCUT2D eigenvalue weighted by Gasteiger charge is 2.03. The molecule has 0 atom stereocenters. The maximum Gasteiger partial charge on any atom is 0.160 e. The SMILES string of the molecule is Cc1ccc(-c2ccc(C=O)s2)cc1Br. The van der Waals surface area contributed by atoms with E-state index < -0.39 is 0 Å². The molecule has 2 rings (SSSR count). The molecule has 76 valence electrons. The topological polar surface area (TPSA) is 17.1 Å². The fraction of sp³-hybridized carbons (Fsp3) is 0.0833. The highest BCUT2D eigenvalue weighted by atomic mass is 79.9. The maximum atomic E-state index is 10.6. The first-order chi connectivity index (χ1) is 7.20. The van der Waals surface area contributed by atoms with E-state index in [0.29, 0.717) is 0 Å². The summed E-state index contributed by atoms with van der Waals surface area (Å²) >= 11 is 5.01. The fourth-order valence-corrected chi connectivity index (χ4v) is 2.52. The Balaban J connectivity index is 2.44. The molecule has 1 heterocycles. The number of carbonyl (C=O) groups is 1. The number of carbonyl (C=O) groups excluding carboxylic acids is 1. The number of aryl methyl sites for hydroxylation is 1. The van der Waals surface area contributed by atoms with Crippen LogP contribution in [0.15, 0.2) is 34.8 Å². The van der Waals surface area contributed by atoms with E-state index in [1.165, 1.54) is 16.9 Å². The molecule has 0 radical (unpaired) electrons. The normalized spacial score (nSPS) is 10.3. The predicted octanol–water partition coefficient (Wildman–Crippen LogP) is 4.30. The highest BCUT2D eigenvalue weighted by molar-refractivity contribution is 9.10. The van der Waals surface area contributed by atoms with Gasteiger partial charge in [-0.15, -0.1) is 11.3 Å². The number of halogens is 1. The third-order valence-electron chi connectivity index (χ3n) is 2.20. The van der Waals surface area contributed by atoms with Gasteiger partial charge < -0.3 is 0 Å². The molecule has 0 bridgehead atoms. The second kappa shape index (κ2) is 4.29. The van der Waals surface area contributed by atoms with Crippen molar-refractivity contribution in [3.05, 3.63) is 45.2 Å². The van der Waals surface area contributed by atoms with Crippen molar-refractivity contribution in [2.45, 2.75) is 6.92 Å². The van der Waals surface area contributed by atoms with Crippen LogP contribution in [0.4, 0.5) is 0 Å². The summed E-state index contributed by atoms with van der Waals surface area (Å²) in [4.78, 5) is 12.5. The van der Waals surface area contributed by atoms with Gasteiger partial charge in [0, 0.05) is 9.35 Å². The molecule has 0 N–H and O–H groups in total. The van der Waals surface area contributed by atoms with E-state index in [-0.39, 0.29) is 0 Å². The summed E-state index contributed by atoms with van der Waals surface area (Å²) in [6.45, 7) is 2.05. The fourth-order valence-electron chi connectivity index (χ4n) is 1.32. The molecule has 1 nitrogen and oxygen atoms in total. The van der Waals surface area contributed by atoms with Crippen LogP contribution in [-0.4, -0.2) is 6.29 Å². The van der Waals surface area contributed by atoms with Crippen LogP contribution in [0.1, 0.15) is 15.2 Å². The van der Waals surface area contributed by atoms with E-state index in [9.17, 15) is 4.79 Å². The molecule has 0 saturated heterocycles. The highest BCUT2D eigenvalue weighted by Crippen LogP contribution is 2.30. The average Bonchev–Trinajstić information content (AvgIpc) is 2.70. The van der Waals surface area contributed by atoms with E-state index >= 15 is 0 Å². The minimum absolute atomic E-state index is 0.765. The van der Waals surface area contributed by atoms with Crippen LogP contribution >= 0.6 is 27.3 Å². The van der Waals surface area contributed by atoms with E-state index in [0.717, 1.165) is 26.1 Å². The van der Waals surface area contributed by atoms with E-state index in [1.807, 2.05) is 12.1 Å². The summed E-state index contributed by atoms with van der Waals surface area (Å²) in [6, 6.07) is 10.0. The second-order valence-corrected chi connectivity index (χ2v) is 5.25. The summed E-state index contributed by atoms with van der Waals surface area (Å²) in [5.41, 5.74) is 2.36. The summed E-state index contributed by atoms with van der Waals surface area (Å²) in [7, 11) is 0. The Bertz CT molecular complexity index is 502. The number of aldehydes is 1. The number of benzene rings is 1. The van der Waals surface area contributed by atoms with Gasteiger partial charge in [-0.25, -0.2) is 0 Å². The Kier molecular flexibility index (Phi) is 3.03. The van der Waals surface area contributed by atoms with Gasteiger partial charge in [0.1, 0.15) is 0 Å². The molecule has 0 spiro atoms. The second-order valence-electron chi connectivity index (χ2n) is 3.28. The van der Waals surface area contributed by atoms with Crippen molar-refractivity contribution in [3.63, 3.8) is 0 Å². The number of thiophene rings is 1. The zero-order chi connectivity index (χ0) is 10.8. The number of hydrogen-bond donors (Lipinski definition) is 0. The molecule has 0 aliphatic heterocycles. The molecule has 15 heavy (non-hydrogen) atoms. The van der Waals surface area contributed by atoms with Crippen molar-refractivity contribution >= 4 is 33.6 Å². The van der Waals surface area contributed by atoms with Crippen LogP contribution in [0.5, 0.6) is 0 Å². The lowest BCUT2D eigenvalue weighted by atomic mass is 10.1. The zero-order valence-electron chi connectivity index (χ0n) is 8.16. The largest absolute Gasteiger partial charge is 0.297 e. The Morgan fingerprint density at radius 1 is 1.27 bits per heavy atom. The monoisotopic (exact) mass is 280 g/mol. The molecule has 2 aromatic rings. The van der Waals surface area contributed by atoms with E-state index in [4.69, 9.17) is 0 Å². The molecular formula is C12H9BrOS. The molecule has 3 heteroatoms. The van der Waals surface area contributed by atoms with Crippen LogP contribution in [0.3, 0.4) is 0 Å². The number of hydrogen-bond acceptors (Lipinski definition) is 2. The van der Waals surface area contributed by atoms with Crippen molar-refractivity contribution < 1.29 is 4.79 Å². The van der Waals surface area contributed by atoms with Gasteiger partial charge in [0.05, 0.1) is 4.88 Å². The van der Waals surface area contributed by atoms with Crippen LogP contribution in [0, 0.1) is 6.92 Å². The molecule has 0 saturated carbocycles. The van der Waals surface area contributed by atoms with Gasteiger partial charge in [-0.3, -0.25) is 4.79 Å². The molecule has 0 aliphatic rings. The van der Waals surface area contributed by atoms with Crippen molar-refractivity contribution in [1.82, 2.24) is 0 Å². The maximum absolute atomic E-state index is 10.6. The summed E-state index contributed by atoms with van der Waals surface area (Å²) in [5, 5.41) is 0. The van der Waals surface area contributed by atoms with Crippen LogP contribution in [0.25, 0.3) is 10.4 Å². The van der Waals surface area contributed by atoms with Crippen molar-refractivity contribution in [1.29, 1.82) is 0 Å². The number of rotatable bonds is 2. The van der Waals surface area contributed by atoms with Crippen molar-refractivity contribution in [3.8, 4) is 10.4 Å². The summed E-state index contributed by atoms with van der Waals surface area (Å²) < 4.78 is 1.10. The quantitative estimate of drug-likeness (QED) is 0.750. The lowest BCUT2D eigenvalue weighted by molar-refractivity contribution is 0.112. The van der Waals surface area contributed by atoms with Gasteiger partial charge >= 0.3 is 0 Å². The standard InChI is InChI=1S/C12H9BrOS/c1-8-2-3-9(6-11(8)13)12-5-4-10(7-14)15-12/h2-7H,1H3. The van der Waals surface area contributed by atoms with Gasteiger partial charge in [0.15, 0.2) is 6.29 Å². The van der Waals surface area contributed by atoms with Gasteiger partial charge in [0.25, 0.3) is 0 Å². The first kappa shape index (κ1) is 10.6. The van der Waals surface area contributed by atoms with Crippen LogP contribution < -0.4 is 0 Å². The van der Waals surface area contributed by atoms with Gasteiger partial charge in [-0.05, 0) is 36.2 Å². The Morgan fingerprint density at radius 3 is 2.67 bits per heavy atom. The minimum Gasteiger partial charge on any atom is -0.297 e. The van der Waals surface area contributed by atoms with Crippen LogP contribution in [0.2, 0.25) is 0 Å². The van der Waals surface area contributed by atoms with Crippen LogP contribution in [-0.2, 0) is 0 Å². The smallest absolute Gasteiger partial charge is 0.160 e. The van der Waals surface area contributed by atoms with Crippen molar-refractivity contribution in [2.24, 2.45) is 0 Å². The Morgan fingerprint density at radius 2 is 2.07 bits per heavy atom. The molecule has 1 aromatic heterocycles. The molecule has 0 aliphatic carbocycles. The van der Waals surface area contributed by atoms with E-state index in [1.54, 1.807) is 0 Å². The van der Waals surface area contributed by atoms with E-state index in [2.05, 4.69) is 41.1 Å². The summed E-state index contributed by atoms with van der Waals surface area (Å²) in [5.74, 6) is 0. The Hall–Kier alpha value is -0.930. The van der Waals surface area contributed by atoms with Gasteiger partial charge in [-0.1, -0.05) is 28.1 Å². The average molecular weight is 281 g/mol. The lowest BCUT2D eigenvalue weighted by Gasteiger charge is -2.01. The molecule has 0 fully saturated rings. The van der Waals surface area contributed by atoms with Gasteiger partial charge in [0.2, 0.25) is 0 Å². The van der Waals surface area contributed by atoms with Gasteiger partial charge in [-0.2, -0.15) is 0 Å². The molecule has 0 amide bonds. The molecule has 0 unspecified atom stereocenters. The first-order valence-electron chi connectivity index (χ1n) is 4.52. The van der Waals surface area contributed by atoms with Crippen molar-refractivity contribution in [2.75, 3.05) is 0 Å². The third-order valence-corrected chi connectivity index (χ3v) is 4.11. The first-order valence-corrected chi connectivity index (χ1v) is 6.13. The lowest BCUT2D eigenvalue weighted by Crippen LogP contribution is -1.77.